The van der Waals surface area contributed by atoms with Crippen molar-refractivity contribution >= 4 is 29.2 Å². The fourth-order valence-electron chi connectivity index (χ4n) is 2.14. The zero-order chi connectivity index (χ0) is 14.9. The molecule has 1 aromatic rings. The average molecular weight is 299 g/mol. The molecule has 106 valence electrons. The van der Waals surface area contributed by atoms with Crippen LogP contribution >= 0.6 is 11.6 Å². The molecule has 1 heterocycles. The molecule has 1 saturated heterocycles. The Labute approximate surface area is 118 Å². The Morgan fingerprint density at radius 3 is 2.80 bits per heavy atom. The van der Waals surface area contributed by atoms with Crippen LogP contribution in [0.2, 0.25) is 5.02 Å². The van der Waals surface area contributed by atoms with E-state index in [-0.39, 0.29) is 36.1 Å². The maximum atomic E-state index is 11.7. The number of rotatable bonds is 4. The highest BCUT2D eigenvalue weighted by atomic mass is 35.5. The van der Waals surface area contributed by atoms with Crippen LogP contribution in [0.4, 0.5) is 5.69 Å². The second-order valence-electron chi connectivity index (χ2n) is 4.54. The summed E-state index contributed by atoms with van der Waals surface area (Å²) in [7, 11) is 0. The maximum absolute atomic E-state index is 11.7. The second kappa shape index (κ2) is 5.46. The third-order valence-electron chi connectivity index (χ3n) is 3.17. The molecule has 0 bridgehead atoms. The number of carboxylic acid groups (broad SMARTS) is 1. The van der Waals surface area contributed by atoms with E-state index in [2.05, 4.69) is 0 Å². The van der Waals surface area contributed by atoms with Crippen molar-refractivity contribution in [3.63, 3.8) is 0 Å². The number of benzene rings is 1. The van der Waals surface area contributed by atoms with Crippen LogP contribution in [0.25, 0.3) is 0 Å². The molecule has 8 heteroatoms. The Balaban J connectivity index is 2.21. The number of carbonyl (C=O) groups excluding carboxylic acids is 1. The van der Waals surface area contributed by atoms with Gasteiger partial charge in [0, 0.05) is 29.6 Å². The van der Waals surface area contributed by atoms with Crippen LogP contribution < -0.4 is 0 Å². The zero-order valence-corrected chi connectivity index (χ0v) is 11.0. The number of halogens is 1. The molecule has 0 radical (unpaired) electrons. The minimum Gasteiger partial charge on any atom is -0.481 e. The first-order chi connectivity index (χ1) is 9.38. The first kappa shape index (κ1) is 14.3. The van der Waals surface area contributed by atoms with Gasteiger partial charge in [0.05, 0.1) is 17.4 Å². The van der Waals surface area contributed by atoms with Gasteiger partial charge in [-0.05, 0) is 12.1 Å². The van der Waals surface area contributed by atoms with Crippen molar-refractivity contribution in [3.8, 4) is 0 Å². The third-order valence-corrected chi connectivity index (χ3v) is 3.40. The van der Waals surface area contributed by atoms with E-state index >= 15 is 0 Å². The largest absolute Gasteiger partial charge is 0.481 e. The van der Waals surface area contributed by atoms with Crippen molar-refractivity contribution in [2.24, 2.45) is 5.92 Å². The van der Waals surface area contributed by atoms with Crippen molar-refractivity contribution in [1.82, 2.24) is 4.90 Å². The molecule has 1 amide bonds. The molecular weight excluding hydrogens is 288 g/mol. The summed E-state index contributed by atoms with van der Waals surface area (Å²) in [4.78, 5) is 34.3. The van der Waals surface area contributed by atoms with Crippen LogP contribution in [0, 0.1) is 16.0 Å². The molecule has 1 atom stereocenters. The van der Waals surface area contributed by atoms with Gasteiger partial charge in [-0.15, -0.1) is 0 Å². The molecule has 1 fully saturated rings. The molecule has 1 aliphatic rings. The number of nitro groups is 1. The molecule has 1 N–H and O–H groups in total. The summed E-state index contributed by atoms with van der Waals surface area (Å²) in [6, 6.07) is 4.19. The summed E-state index contributed by atoms with van der Waals surface area (Å²) in [5, 5.41) is 20.1. The summed E-state index contributed by atoms with van der Waals surface area (Å²) in [5.74, 6) is -2.11. The van der Waals surface area contributed by atoms with E-state index < -0.39 is 16.8 Å². The van der Waals surface area contributed by atoms with Gasteiger partial charge in [0.15, 0.2) is 0 Å². The number of amides is 1. The highest BCUT2D eigenvalue weighted by Crippen LogP contribution is 2.27. The summed E-state index contributed by atoms with van der Waals surface area (Å²) in [6.07, 6.45) is -0.0727. The lowest BCUT2D eigenvalue weighted by atomic mass is 10.1. The molecule has 0 saturated carbocycles. The Hall–Kier alpha value is -2.15. The van der Waals surface area contributed by atoms with Gasteiger partial charge in [-0.3, -0.25) is 19.7 Å². The van der Waals surface area contributed by atoms with Gasteiger partial charge >= 0.3 is 5.97 Å². The fourth-order valence-corrected chi connectivity index (χ4v) is 2.30. The Bertz CT molecular complexity index is 589. The minimum absolute atomic E-state index is 0.0100. The average Bonchev–Trinajstić information content (AvgIpc) is 2.73. The van der Waals surface area contributed by atoms with Crippen LogP contribution in [0.1, 0.15) is 12.0 Å². The quantitative estimate of drug-likeness (QED) is 0.673. The smallest absolute Gasteiger partial charge is 0.308 e. The lowest BCUT2D eigenvalue weighted by Crippen LogP contribution is -2.26. The molecule has 2 rings (SSSR count). The number of nitrogens with zero attached hydrogens (tertiary/aromatic N) is 2. The van der Waals surface area contributed by atoms with Gasteiger partial charge in [-0.2, -0.15) is 0 Å². The normalized spacial score (nSPS) is 18.4. The van der Waals surface area contributed by atoms with E-state index in [1.165, 1.54) is 23.1 Å². The van der Waals surface area contributed by atoms with Crippen molar-refractivity contribution in [3.05, 3.63) is 38.9 Å². The molecule has 20 heavy (non-hydrogen) atoms. The number of nitro benzene ring substituents is 1. The van der Waals surface area contributed by atoms with E-state index in [0.717, 1.165) is 0 Å². The molecule has 1 aliphatic heterocycles. The van der Waals surface area contributed by atoms with E-state index in [1.807, 2.05) is 0 Å². The third kappa shape index (κ3) is 2.88. The van der Waals surface area contributed by atoms with E-state index in [0.29, 0.717) is 5.56 Å². The summed E-state index contributed by atoms with van der Waals surface area (Å²) < 4.78 is 0. The van der Waals surface area contributed by atoms with Crippen molar-refractivity contribution in [2.45, 2.75) is 13.0 Å². The SMILES string of the molecule is O=C(O)C1CC(=O)N(Cc2ccc(Cl)cc2[N+](=O)[O-])C1. The van der Waals surface area contributed by atoms with Gasteiger partial charge in [0.25, 0.3) is 5.69 Å². The van der Waals surface area contributed by atoms with Crippen molar-refractivity contribution in [2.75, 3.05) is 6.54 Å². The Morgan fingerprint density at radius 1 is 1.55 bits per heavy atom. The molecule has 0 aromatic heterocycles. The first-order valence-electron chi connectivity index (χ1n) is 5.82. The number of carbonyl (C=O) groups is 2. The topological polar surface area (TPSA) is 101 Å². The predicted molar refractivity (Wildman–Crippen MR) is 69.3 cm³/mol. The summed E-state index contributed by atoms with van der Waals surface area (Å²) in [6.45, 7) is 0.0735. The molecular formula is C12H11ClN2O5. The van der Waals surface area contributed by atoms with Crippen LogP contribution in [0.15, 0.2) is 18.2 Å². The maximum Gasteiger partial charge on any atom is 0.308 e. The fraction of sp³-hybridized carbons (Fsp3) is 0.333. The van der Waals surface area contributed by atoms with Gasteiger partial charge in [-0.25, -0.2) is 0 Å². The van der Waals surface area contributed by atoms with E-state index in [4.69, 9.17) is 16.7 Å². The highest BCUT2D eigenvalue weighted by Gasteiger charge is 2.35. The first-order valence-corrected chi connectivity index (χ1v) is 6.19. The predicted octanol–water partition coefficient (Wildman–Crippen LogP) is 1.68. The summed E-state index contributed by atoms with van der Waals surface area (Å²) in [5.41, 5.74) is 0.155. The van der Waals surface area contributed by atoms with Crippen LogP contribution in [-0.2, 0) is 16.1 Å². The number of carboxylic acids is 1. The lowest BCUT2D eigenvalue weighted by Gasteiger charge is -2.16. The van der Waals surface area contributed by atoms with Crippen molar-refractivity contribution in [1.29, 1.82) is 0 Å². The number of aliphatic carboxylic acids is 1. The number of hydrogen-bond donors (Lipinski definition) is 1. The highest BCUT2D eigenvalue weighted by molar-refractivity contribution is 6.30. The molecule has 1 aromatic carbocycles. The molecule has 7 nitrogen and oxygen atoms in total. The minimum atomic E-state index is -1.04. The van der Waals surface area contributed by atoms with E-state index in [9.17, 15) is 19.7 Å². The van der Waals surface area contributed by atoms with Crippen LogP contribution in [0.3, 0.4) is 0 Å². The monoisotopic (exact) mass is 298 g/mol. The molecule has 0 spiro atoms. The zero-order valence-electron chi connectivity index (χ0n) is 10.3. The van der Waals surface area contributed by atoms with Gasteiger partial charge in [0.1, 0.15) is 0 Å². The van der Waals surface area contributed by atoms with Gasteiger partial charge in [0.2, 0.25) is 5.91 Å². The molecule has 0 aliphatic carbocycles. The number of likely N-dealkylation sites (tertiary alicyclic amines) is 1. The van der Waals surface area contributed by atoms with Crippen molar-refractivity contribution < 1.29 is 19.6 Å². The Kier molecular flexibility index (Phi) is 3.89. The second-order valence-corrected chi connectivity index (χ2v) is 4.98. The summed E-state index contributed by atoms with van der Waals surface area (Å²) >= 11 is 5.71. The van der Waals surface area contributed by atoms with E-state index in [1.54, 1.807) is 0 Å². The van der Waals surface area contributed by atoms with Crippen LogP contribution in [0.5, 0.6) is 0 Å². The van der Waals surface area contributed by atoms with Gasteiger partial charge < -0.3 is 10.0 Å². The number of hydrogen-bond acceptors (Lipinski definition) is 4. The molecule has 1 unspecified atom stereocenters. The van der Waals surface area contributed by atoms with Gasteiger partial charge in [-0.1, -0.05) is 11.6 Å². The van der Waals surface area contributed by atoms with Crippen LogP contribution in [-0.4, -0.2) is 33.4 Å². The Morgan fingerprint density at radius 2 is 2.25 bits per heavy atom. The standard InChI is InChI=1S/C12H11ClN2O5/c13-9-2-1-7(10(4-9)15(19)20)5-14-6-8(12(17)18)3-11(14)16/h1-2,4,8H,3,5-6H2,(H,17,18). The lowest BCUT2D eigenvalue weighted by molar-refractivity contribution is -0.385.